The van der Waals surface area contributed by atoms with E-state index >= 15 is 0 Å². The van der Waals surface area contributed by atoms with Crippen LogP contribution in [0.4, 0.5) is 23.4 Å². The number of aryl methyl sites for hydroxylation is 2. The van der Waals surface area contributed by atoms with E-state index in [1.807, 2.05) is 12.1 Å². The van der Waals surface area contributed by atoms with E-state index in [1.165, 1.54) is 0 Å². The van der Waals surface area contributed by atoms with Crippen molar-refractivity contribution in [3.05, 3.63) is 40.0 Å². The maximum atomic E-state index is 12.6. The van der Waals surface area contributed by atoms with Crippen molar-refractivity contribution in [1.82, 2.24) is 24.9 Å². The topological polar surface area (TPSA) is 148 Å². The van der Waals surface area contributed by atoms with E-state index in [9.17, 15) is 8.42 Å². The molecule has 8 heterocycles. The van der Waals surface area contributed by atoms with Crippen molar-refractivity contribution < 1.29 is 17.9 Å². The Bertz CT molecular complexity index is 1650. The number of ether oxygens (including phenoxy) is 2. The van der Waals surface area contributed by atoms with Crippen LogP contribution >= 0.6 is 23.2 Å². The van der Waals surface area contributed by atoms with Crippen LogP contribution in [0, 0.1) is 0 Å². The Morgan fingerprint density at radius 1 is 0.708 bits per heavy atom. The van der Waals surface area contributed by atoms with Crippen LogP contribution in [0.25, 0.3) is 0 Å². The van der Waals surface area contributed by atoms with E-state index in [-0.39, 0.29) is 5.28 Å². The minimum atomic E-state index is -1.02. The number of aromatic nitrogens is 5. The highest BCUT2D eigenvalue weighted by Crippen LogP contribution is 2.32. The number of piperazine rings is 1. The fourth-order valence-electron chi connectivity index (χ4n) is 6.45. The third-order valence-corrected chi connectivity index (χ3v) is 12.4. The highest BCUT2D eigenvalue weighted by atomic mass is 35.5. The number of nitrogens with one attached hydrogen (secondary N) is 2. The summed E-state index contributed by atoms with van der Waals surface area (Å²) < 4.78 is 35.3. The molecule has 3 aromatic heterocycles. The summed E-state index contributed by atoms with van der Waals surface area (Å²) in [6.07, 6.45) is 6.88. The molecule has 0 aromatic carbocycles. The number of rotatable bonds is 6. The van der Waals surface area contributed by atoms with Gasteiger partial charge in [-0.1, -0.05) is 11.6 Å². The summed E-state index contributed by atoms with van der Waals surface area (Å²) in [6.45, 7) is 6.30. The molecule has 0 saturated carbocycles. The van der Waals surface area contributed by atoms with Crippen molar-refractivity contribution in [2.45, 2.75) is 60.4 Å². The highest BCUT2D eigenvalue weighted by molar-refractivity contribution is 7.85. The van der Waals surface area contributed by atoms with Gasteiger partial charge in [-0.15, -0.1) is 0 Å². The smallest absolute Gasteiger partial charge is 0.227 e. The highest BCUT2D eigenvalue weighted by Gasteiger charge is 2.30. The van der Waals surface area contributed by atoms with Crippen molar-refractivity contribution in [2.24, 2.45) is 0 Å². The Morgan fingerprint density at radius 2 is 1.25 bits per heavy atom. The quantitative estimate of drug-likeness (QED) is 0.357. The predicted octanol–water partition coefficient (Wildman–Crippen LogP) is 3.49. The minimum Gasteiger partial charge on any atom is -0.381 e. The fraction of sp³-hybridized carbons (Fsp3) is 0.581. The molecular formula is C31H39Cl2N9O4S2. The molecule has 13 nitrogen and oxygen atoms in total. The molecule has 0 bridgehead atoms. The summed E-state index contributed by atoms with van der Waals surface area (Å²) in [5.41, 5.74) is 1.75. The second kappa shape index (κ2) is 15.5. The molecule has 2 unspecified atom stereocenters. The third-order valence-electron chi connectivity index (χ3n) is 9.06. The van der Waals surface area contributed by atoms with Crippen LogP contribution in [0.5, 0.6) is 0 Å². The first kappa shape index (κ1) is 33.8. The van der Waals surface area contributed by atoms with Gasteiger partial charge in [0, 0.05) is 95.2 Å². The Labute approximate surface area is 294 Å². The van der Waals surface area contributed by atoms with Crippen molar-refractivity contribution in [1.29, 1.82) is 0 Å². The first-order chi connectivity index (χ1) is 23.4. The molecule has 2 N–H and O–H groups in total. The summed E-state index contributed by atoms with van der Waals surface area (Å²) in [7, 11) is -2.02. The second-order valence-electron chi connectivity index (χ2n) is 12.2. The SMILES string of the molecule is O=S1CCc2nc(Cl)nc(NC3CCOCC3)c21.O=S1CCc2nc(N3CCN(c4ccc(Cl)cn4)CC3)nc(NC3CCOCC3)c21. The van der Waals surface area contributed by atoms with Crippen molar-refractivity contribution in [3.8, 4) is 0 Å². The summed E-state index contributed by atoms with van der Waals surface area (Å²) >= 11 is 11.9. The molecule has 258 valence electrons. The normalized spacial score (nSPS) is 22.9. The fourth-order valence-corrected chi connectivity index (χ4v) is 9.37. The Hall–Kier alpha value is -2.69. The zero-order valence-corrected chi connectivity index (χ0v) is 29.7. The first-order valence-electron chi connectivity index (χ1n) is 16.5. The third kappa shape index (κ3) is 7.86. The number of fused-ring (bicyclic) bond motifs is 2. The Morgan fingerprint density at radius 3 is 1.81 bits per heavy atom. The summed E-state index contributed by atoms with van der Waals surface area (Å²) in [6, 6.07) is 4.44. The Balaban J connectivity index is 0.000000172. The van der Waals surface area contributed by atoms with Gasteiger partial charge in [0.05, 0.1) is 38.0 Å². The lowest BCUT2D eigenvalue weighted by Crippen LogP contribution is -2.47. The maximum absolute atomic E-state index is 12.6. The van der Waals surface area contributed by atoms with Crippen LogP contribution in [0.1, 0.15) is 37.1 Å². The first-order valence-corrected chi connectivity index (χ1v) is 19.8. The minimum absolute atomic E-state index is 0.224. The van der Waals surface area contributed by atoms with E-state index < -0.39 is 21.6 Å². The number of halogens is 2. The van der Waals surface area contributed by atoms with Crippen molar-refractivity contribution in [3.63, 3.8) is 0 Å². The van der Waals surface area contributed by atoms with Crippen molar-refractivity contribution >= 4 is 68.2 Å². The molecule has 3 fully saturated rings. The average Bonchev–Trinajstić information content (AvgIpc) is 3.68. The van der Waals surface area contributed by atoms with Crippen LogP contribution in [0.3, 0.4) is 0 Å². The van der Waals surface area contributed by atoms with E-state index in [0.717, 1.165) is 123 Å². The van der Waals surface area contributed by atoms with Gasteiger partial charge in [-0.2, -0.15) is 9.97 Å². The predicted molar refractivity (Wildman–Crippen MR) is 188 cm³/mol. The summed E-state index contributed by atoms with van der Waals surface area (Å²) in [5, 5.41) is 7.76. The van der Waals surface area contributed by atoms with E-state index in [0.29, 0.717) is 40.9 Å². The van der Waals surface area contributed by atoms with Crippen LogP contribution in [-0.2, 0) is 43.9 Å². The lowest BCUT2D eigenvalue weighted by molar-refractivity contribution is 0.0902. The molecular weight excluding hydrogens is 697 g/mol. The van der Waals surface area contributed by atoms with E-state index in [2.05, 4.69) is 35.4 Å². The Kier molecular flexibility index (Phi) is 10.9. The van der Waals surface area contributed by atoms with Crippen molar-refractivity contribution in [2.75, 3.05) is 84.5 Å². The summed E-state index contributed by atoms with van der Waals surface area (Å²) in [4.78, 5) is 28.4. The molecule has 17 heteroatoms. The average molecular weight is 737 g/mol. The molecule has 0 aliphatic carbocycles. The number of pyridine rings is 1. The van der Waals surface area contributed by atoms with Gasteiger partial charge < -0.3 is 29.9 Å². The van der Waals surface area contributed by atoms with Gasteiger partial charge in [0.1, 0.15) is 27.2 Å². The standard InChI is InChI=1S/C20H25ClN6O2S.C11H14ClN3O2S/c21-14-1-2-17(22-13-14)26-6-8-27(9-7-26)20-24-16-5-12-30(28)18(16)19(25-20)23-15-3-10-29-11-4-15;12-11-14-8-3-6-18(16)9(8)10(15-11)13-7-1-4-17-5-2-7/h1-2,13,15H,3-12H2,(H,23,24,25);7H,1-6H2,(H,13,14,15). The largest absolute Gasteiger partial charge is 0.381 e. The molecule has 0 spiro atoms. The number of anilines is 4. The number of nitrogens with zero attached hydrogens (tertiary/aromatic N) is 7. The monoisotopic (exact) mass is 735 g/mol. The van der Waals surface area contributed by atoms with Gasteiger partial charge in [-0.05, 0) is 49.4 Å². The zero-order valence-electron chi connectivity index (χ0n) is 26.5. The van der Waals surface area contributed by atoms with Gasteiger partial charge >= 0.3 is 0 Å². The molecule has 0 amide bonds. The zero-order chi connectivity index (χ0) is 33.0. The van der Waals surface area contributed by atoms with Gasteiger partial charge in [-0.3, -0.25) is 8.42 Å². The van der Waals surface area contributed by atoms with E-state index in [1.54, 1.807) is 6.20 Å². The van der Waals surface area contributed by atoms with Crippen LogP contribution in [0.15, 0.2) is 28.1 Å². The molecule has 2 atom stereocenters. The van der Waals surface area contributed by atoms with E-state index in [4.69, 9.17) is 42.6 Å². The number of hydrogen-bond donors (Lipinski definition) is 2. The molecule has 3 aromatic rings. The van der Waals surface area contributed by atoms with Gasteiger partial charge in [0.2, 0.25) is 11.2 Å². The molecule has 48 heavy (non-hydrogen) atoms. The van der Waals surface area contributed by atoms with Gasteiger partial charge in [-0.25, -0.2) is 15.0 Å². The molecule has 5 aliphatic heterocycles. The van der Waals surface area contributed by atoms with Gasteiger partial charge in [0.15, 0.2) is 0 Å². The lowest BCUT2D eigenvalue weighted by Gasteiger charge is -2.35. The maximum Gasteiger partial charge on any atom is 0.227 e. The van der Waals surface area contributed by atoms with Crippen LogP contribution in [0.2, 0.25) is 10.3 Å². The molecule has 8 rings (SSSR count). The van der Waals surface area contributed by atoms with Crippen LogP contribution in [-0.4, -0.2) is 110 Å². The molecule has 0 radical (unpaired) electrons. The second-order valence-corrected chi connectivity index (χ2v) is 16.0. The number of hydrogen-bond acceptors (Lipinski definition) is 13. The summed E-state index contributed by atoms with van der Waals surface area (Å²) in [5.74, 6) is 4.31. The molecule has 5 aliphatic rings. The lowest BCUT2D eigenvalue weighted by atomic mass is 10.1. The van der Waals surface area contributed by atoms with Crippen LogP contribution < -0.4 is 20.4 Å². The van der Waals surface area contributed by atoms with Gasteiger partial charge in [0.25, 0.3) is 0 Å². The molecule has 3 saturated heterocycles.